The molecule has 1 aliphatic rings. The molecule has 15 heavy (non-hydrogen) atoms. The SMILES string of the molecule is CCC1C(=O)C(CC)C1(C(=O)O)C(=O)O. The molecule has 1 saturated carbocycles. The van der Waals surface area contributed by atoms with Crippen LogP contribution in [0.2, 0.25) is 0 Å². The molecular formula is C10H14O5. The van der Waals surface area contributed by atoms with E-state index in [1.54, 1.807) is 13.8 Å². The fraction of sp³-hybridized carbons (Fsp3) is 0.700. The lowest BCUT2D eigenvalue weighted by molar-refractivity contribution is -0.193. The lowest BCUT2D eigenvalue weighted by atomic mass is 9.50. The third-order valence-corrected chi connectivity index (χ3v) is 3.31. The van der Waals surface area contributed by atoms with E-state index in [1.807, 2.05) is 0 Å². The normalized spacial score (nSPS) is 28.3. The monoisotopic (exact) mass is 214 g/mol. The third-order valence-electron chi connectivity index (χ3n) is 3.31. The van der Waals surface area contributed by atoms with E-state index < -0.39 is 29.2 Å². The van der Waals surface area contributed by atoms with Gasteiger partial charge in [0.15, 0.2) is 5.41 Å². The Bertz CT molecular complexity index is 290. The number of aliphatic carboxylic acids is 2. The molecule has 1 aliphatic carbocycles. The van der Waals surface area contributed by atoms with Gasteiger partial charge in [-0.2, -0.15) is 0 Å². The molecule has 0 saturated heterocycles. The maximum Gasteiger partial charge on any atom is 0.322 e. The number of carbonyl (C=O) groups excluding carboxylic acids is 1. The highest BCUT2D eigenvalue weighted by molar-refractivity contribution is 6.14. The molecule has 84 valence electrons. The highest BCUT2D eigenvalue weighted by atomic mass is 16.4. The number of carbonyl (C=O) groups is 3. The van der Waals surface area contributed by atoms with Crippen LogP contribution in [0.5, 0.6) is 0 Å². The Labute approximate surface area is 87.1 Å². The first-order valence-corrected chi connectivity index (χ1v) is 4.94. The van der Waals surface area contributed by atoms with Crippen molar-refractivity contribution in [1.82, 2.24) is 0 Å². The zero-order valence-corrected chi connectivity index (χ0v) is 8.69. The number of carboxylic acids is 2. The number of ketones is 1. The molecule has 1 rings (SSSR count). The van der Waals surface area contributed by atoms with Crippen molar-refractivity contribution in [1.29, 1.82) is 0 Å². The maximum absolute atomic E-state index is 11.5. The van der Waals surface area contributed by atoms with Crippen molar-refractivity contribution >= 4 is 17.7 Å². The highest BCUT2D eigenvalue weighted by Crippen LogP contribution is 2.52. The van der Waals surface area contributed by atoms with Crippen LogP contribution in [-0.2, 0) is 14.4 Å². The Morgan fingerprint density at radius 3 is 1.67 bits per heavy atom. The van der Waals surface area contributed by atoms with Gasteiger partial charge in [0, 0.05) is 11.8 Å². The largest absolute Gasteiger partial charge is 0.480 e. The summed E-state index contributed by atoms with van der Waals surface area (Å²) in [5, 5.41) is 18.1. The van der Waals surface area contributed by atoms with Crippen molar-refractivity contribution in [3.8, 4) is 0 Å². The fourth-order valence-electron chi connectivity index (χ4n) is 2.57. The van der Waals surface area contributed by atoms with Crippen LogP contribution < -0.4 is 0 Å². The van der Waals surface area contributed by atoms with Crippen LogP contribution in [0.15, 0.2) is 0 Å². The molecule has 0 aromatic heterocycles. The van der Waals surface area contributed by atoms with E-state index in [9.17, 15) is 14.4 Å². The zero-order valence-electron chi connectivity index (χ0n) is 8.69. The van der Waals surface area contributed by atoms with E-state index in [-0.39, 0.29) is 18.6 Å². The number of Topliss-reactive ketones (excluding diaryl/α,β-unsaturated/α-hetero) is 1. The molecule has 0 aromatic carbocycles. The van der Waals surface area contributed by atoms with E-state index in [0.717, 1.165) is 0 Å². The van der Waals surface area contributed by atoms with Crippen molar-refractivity contribution < 1.29 is 24.6 Å². The van der Waals surface area contributed by atoms with Gasteiger partial charge in [-0.3, -0.25) is 14.4 Å². The molecule has 2 atom stereocenters. The first-order chi connectivity index (χ1) is 6.94. The van der Waals surface area contributed by atoms with Crippen molar-refractivity contribution in [2.45, 2.75) is 26.7 Å². The molecule has 5 heteroatoms. The molecule has 0 radical (unpaired) electrons. The Kier molecular flexibility index (Phi) is 2.83. The quantitative estimate of drug-likeness (QED) is 0.674. The van der Waals surface area contributed by atoms with Gasteiger partial charge in [0.2, 0.25) is 0 Å². The molecule has 0 spiro atoms. The minimum absolute atomic E-state index is 0.232. The Hall–Kier alpha value is -1.39. The van der Waals surface area contributed by atoms with E-state index in [4.69, 9.17) is 10.2 Å². The van der Waals surface area contributed by atoms with E-state index in [0.29, 0.717) is 0 Å². The first-order valence-electron chi connectivity index (χ1n) is 4.94. The number of carboxylic acid groups (broad SMARTS) is 2. The minimum Gasteiger partial charge on any atom is -0.480 e. The van der Waals surface area contributed by atoms with Crippen molar-refractivity contribution in [3.63, 3.8) is 0 Å². The third kappa shape index (κ3) is 1.19. The van der Waals surface area contributed by atoms with Gasteiger partial charge < -0.3 is 10.2 Å². The van der Waals surface area contributed by atoms with Crippen molar-refractivity contribution in [2.75, 3.05) is 0 Å². The second-order valence-corrected chi connectivity index (χ2v) is 3.80. The van der Waals surface area contributed by atoms with E-state index >= 15 is 0 Å². The maximum atomic E-state index is 11.5. The summed E-state index contributed by atoms with van der Waals surface area (Å²) in [6, 6.07) is 0. The van der Waals surface area contributed by atoms with Gasteiger partial charge in [0.25, 0.3) is 0 Å². The molecule has 2 N–H and O–H groups in total. The summed E-state index contributed by atoms with van der Waals surface area (Å²) >= 11 is 0. The summed E-state index contributed by atoms with van der Waals surface area (Å²) in [5.74, 6) is -4.78. The van der Waals surface area contributed by atoms with Crippen LogP contribution in [0.4, 0.5) is 0 Å². The predicted molar refractivity (Wildman–Crippen MR) is 50.3 cm³/mol. The summed E-state index contributed by atoms with van der Waals surface area (Å²) in [6.45, 7) is 3.27. The zero-order chi connectivity index (χ0) is 11.8. The average molecular weight is 214 g/mol. The number of rotatable bonds is 4. The molecule has 0 bridgehead atoms. The molecule has 0 aromatic rings. The molecule has 2 unspecified atom stereocenters. The predicted octanol–water partition coefficient (Wildman–Crippen LogP) is 0.777. The van der Waals surface area contributed by atoms with E-state index in [1.165, 1.54) is 0 Å². The van der Waals surface area contributed by atoms with Crippen LogP contribution >= 0.6 is 0 Å². The second kappa shape index (κ2) is 3.64. The topological polar surface area (TPSA) is 91.7 Å². The van der Waals surface area contributed by atoms with Crippen molar-refractivity contribution in [2.24, 2.45) is 17.3 Å². The molecule has 5 nitrogen and oxygen atoms in total. The molecule has 0 aliphatic heterocycles. The van der Waals surface area contributed by atoms with Crippen LogP contribution in [0.3, 0.4) is 0 Å². The summed E-state index contributed by atoms with van der Waals surface area (Å²) < 4.78 is 0. The van der Waals surface area contributed by atoms with Crippen LogP contribution in [0, 0.1) is 17.3 Å². The Morgan fingerprint density at radius 1 is 1.13 bits per heavy atom. The second-order valence-electron chi connectivity index (χ2n) is 3.80. The van der Waals surface area contributed by atoms with Crippen LogP contribution in [0.1, 0.15) is 26.7 Å². The van der Waals surface area contributed by atoms with Gasteiger partial charge in [0.1, 0.15) is 5.78 Å². The highest BCUT2D eigenvalue weighted by Gasteiger charge is 2.70. The van der Waals surface area contributed by atoms with Crippen LogP contribution in [-0.4, -0.2) is 27.9 Å². The minimum atomic E-state index is -1.89. The smallest absolute Gasteiger partial charge is 0.322 e. The van der Waals surface area contributed by atoms with Gasteiger partial charge >= 0.3 is 11.9 Å². The van der Waals surface area contributed by atoms with Gasteiger partial charge in [0.05, 0.1) is 0 Å². The lowest BCUT2D eigenvalue weighted by Gasteiger charge is -2.47. The molecule has 0 amide bonds. The van der Waals surface area contributed by atoms with Gasteiger partial charge in [-0.05, 0) is 12.8 Å². The fourth-order valence-corrected chi connectivity index (χ4v) is 2.57. The average Bonchev–Trinajstić information content (AvgIpc) is 2.13. The lowest BCUT2D eigenvalue weighted by Crippen LogP contribution is -2.65. The van der Waals surface area contributed by atoms with Gasteiger partial charge in [-0.15, -0.1) is 0 Å². The van der Waals surface area contributed by atoms with Gasteiger partial charge in [-0.1, -0.05) is 13.8 Å². The van der Waals surface area contributed by atoms with Crippen molar-refractivity contribution in [3.05, 3.63) is 0 Å². The number of hydrogen-bond donors (Lipinski definition) is 2. The summed E-state index contributed by atoms with van der Waals surface area (Å²) in [5.41, 5.74) is -1.89. The molecular weight excluding hydrogens is 200 g/mol. The first kappa shape index (κ1) is 11.7. The standard InChI is InChI=1S/C10H14O5/c1-3-5-7(11)6(4-2)10(5,8(12)13)9(14)15/h5-6H,3-4H2,1-2H3,(H,12,13)(H,14,15). The summed E-state index contributed by atoms with van der Waals surface area (Å²) in [7, 11) is 0. The molecule has 1 fully saturated rings. The Morgan fingerprint density at radius 2 is 1.47 bits per heavy atom. The molecule has 0 heterocycles. The van der Waals surface area contributed by atoms with Crippen LogP contribution in [0.25, 0.3) is 0 Å². The Balaban J connectivity index is 3.20. The summed E-state index contributed by atoms with van der Waals surface area (Å²) in [6.07, 6.45) is 0.516. The number of hydrogen-bond acceptors (Lipinski definition) is 3. The summed E-state index contributed by atoms with van der Waals surface area (Å²) in [4.78, 5) is 33.7. The van der Waals surface area contributed by atoms with E-state index in [2.05, 4.69) is 0 Å². The van der Waals surface area contributed by atoms with Gasteiger partial charge in [-0.25, -0.2) is 0 Å².